The zero-order valence-electron chi connectivity index (χ0n) is 18.5. The fourth-order valence-electron chi connectivity index (χ4n) is 2.58. The van der Waals surface area contributed by atoms with Crippen LogP contribution in [-0.4, -0.2) is 4.98 Å². The fourth-order valence-corrected chi connectivity index (χ4v) is 2.58. The first-order chi connectivity index (χ1) is 15.2. The molecule has 3 aromatic rings. The summed E-state index contributed by atoms with van der Waals surface area (Å²) in [6, 6.07) is 9.59. The predicted octanol–water partition coefficient (Wildman–Crippen LogP) is 8.25. The van der Waals surface area contributed by atoms with Gasteiger partial charge in [0.2, 0.25) is 5.89 Å². The number of allylic oxidation sites excluding steroid dienone is 9. The van der Waals surface area contributed by atoms with E-state index in [0.717, 1.165) is 28.4 Å². The Hall–Kier alpha value is -3.79. The number of benzene rings is 1. The Balaban J connectivity index is 0.00000166. The quantitative estimate of drug-likeness (QED) is 0.274. The van der Waals surface area contributed by atoms with Crippen molar-refractivity contribution in [1.29, 1.82) is 0 Å². The van der Waals surface area contributed by atoms with Gasteiger partial charge in [0, 0.05) is 11.6 Å². The van der Waals surface area contributed by atoms with Crippen LogP contribution in [0.25, 0.3) is 28.5 Å². The molecule has 0 aliphatic carbocycles. The minimum atomic E-state index is 0.537. The van der Waals surface area contributed by atoms with Gasteiger partial charge < -0.3 is 13.6 Å². The van der Waals surface area contributed by atoms with Crippen LogP contribution in [0.1, 0.15) is 33.6 Å². The van der Waals surface area contributed by atoms with Gasteiger partial charge in [-0.1, -0.05) is 50.8 Å². The van der Waals surface area contributed by atoms with Crippen LogP contribution >= 0.6 is 0 Å². The fraction of sp³-hybridized carbons (Fsp3) is 0.148. The van der Waals surface area contributed by atoms with Crippen molar-refractivity contribution in [2.45, 2.75) is 27.7 Å². The second-order valence-corrected chi connectivity index (χ2v) is 6.12. The molecule has 0 fully saturated rings. The molecule has 4 nitrogen and oxygen atoms in total. The molecule has 0 amide bonds. The topological polar surface area (TPSA) is 48.4 Å². The first-order valence-electron chi connectivity index (χ1n) is 10.3. The molecule has 4 heteroatoms. The summed E-state index contributed by atoms with van der Waals surface area (Å²) in [5.41, 5.74) is 2.47. The standard InChI is InChI=1S/C25H23NO3.C2H6/c1-4-6-7-11-19(3)28-21(5-2)12-8-9-14-25-26-22-16-15-20(18-24(22)29-25)23-13-10-17-27-23;1-2/h4-18H,1H2,2-3H3;1-2H3/b7-6-,12-8-,14-9+,19-11+,21-5+;. The molecule has 2 aromatic heterocycles. The number of aromatic nitrogens is 1. The van der Waals surface area contributed by atoms with Crippen molar-refractivity contribution in [3.63, 3.8) is 0 Å². The van der Waals surface area contributed by atoms with Crippen molar-refractivity contribution < 1.29 is 13.6 Å². The Kier molecular flexibility index (Phi) is 9.63. The summed E-state index contributed by atoms with van der Waals surface area (Å²) in [6.45, 7) is 11.5. The van der Waals surface area contributed by atoms with E-state index in [1.54, 1.807) is 12.3 Å². The molecular formula is C27H29NO3. The van der Waals surface area contributed by atoms with Crippen molar-refractivity contribution in [2.24, 2.45) is 0 Å². The van der Waals surface area contributed by atoms with Crippen LogP contribution in [0.4, 0.5) is 0 Å². The third kappa shape index (κ3) is 7.19. The number of hydrogen-bond acceptors (Lipinski definition) is 4. The maximum atomic E-state index is 5.82. The molecule has 0 radical (unpaired) electrons. The maximum absolute atomic E-state index is 5.82. The largest absolute Gasteiger partial charge is 0.464 e. The van der Waals surface area contributed by atoms with Crippen molar-refractivity contribution in [1.82, 2.24) is 4.98 Å². The number of ether oxygens (including phenoxy) is 1. The van der Waals surface area contributed by atoms with Crippen molar-refractivity contribution in [3.8, 4) is 11.3 Å². The van der Waals surface area contributed by atoms with Crippen LogP contribution < -0.4 is 0 Å². The Morgan fingerprint density at radius 3 is 2.65 bits per heavy atom. The third-order valence-corrected chi connectivity index (χ3v) is 3.96. The second kappa shape index (κ2) is 12.7. The van der Waals surface area contributed by atoms with E-state index in [1.165, 1.54) is 0 Å². The average molecular weight is 416 g/mol. The van der Waals surface area contributed by atoms with Gasteiger partial charge in [-0.15, -0.1) is 0 Å². The lowest BCUT2D eigenvalue weighted by molar-refractivity contribution is 0.322. The number of furan rings is 1. The van der Waals surface area contributed by atoms with Crippen LogP contribution in [0, 0.1) is 0 Å². The summed E-state index contributed by atoms with van der Waals surface area (Å²) in [6.07, 6.45) is 18.3. The van der Waals surface area contributed by atoms with Crippen LogP contribution in [0.5, 0.6) is 0 Å². The highest BCUT2D eigenvalue weighted by Gasteiger charge is 2.07. The van der Waals surface area contributed by atoms with Crippen LogP contribution in [0.15, 0.2) is 112 Å². The molecule has 0 bridgehead atoms. The number of rotatable bonds is 8. The SMILES string of the molecule is C=C/C=C\C=C(/C)OC(/C=C\C=C\c1nc2ccc(-c3ccco3)cc2o1)=C/C.CC. The first kappa shape index (κ1) is 23.5. The van der Waals surface area contributed by atoms with E-state index < -0.39 is 0 Å². The molecule has 0 unspecified atom stereocenters. The normalized spacial score (nSPS) is 12.6. The minimum Gasteiger partial charge on any atom is -0.464 e. The molecule has 0 saturated carbocycles. The number of nitrogens with zero attached hydrogens (tertiary/aromatic N) is 1. The molecule has 160 valence electrons. The lowest BCUT2D eigenvalue weighted by Crippen LogP contribution is -1.86. The molecule has 1 aromatic carbocycles. The maximum Gasteiger partial charge on any atom is 0.219 e. The molecule has 0 aliphatic heterocycles. The summed E-state index contributed by atoms with van der Waals surface area (Å²) in [4.78, 5) is 4.47. The van der Waals surface area contributed by atoms with Gasteiger partial charge in [0.15, 0.2) is 5.58 Å². The lowest BCUT2D eigenvalue weighted by atomic mass is 10.1. The zero-order valence-corrected chi connectivity index (χ0v) is 18.5. The van der Waals surface area contributed by atoms with Gasteiger partial charge in [-0.05, 0) is 62.4 Å². The highest BCUT2D eigenvalue weighted by Crippen LogP contribution is 2.25. The van der Waals surface area contributed by atoms with Gasteiger partial charge in [0.05, 0.1) is 6.26 Å². The highest BCUT2D eigenvalue weighted by atomic mass is 16.5. The summed E-state index contributed by atoms with van der Waals surface area (Å²) in [7, 11) is 0. The van der Waals surface area contributed by atoms with Gasteiger partial charge in [-0.25, -0.2) is 4.98 Å². The number of oxazole rings is 1. The first-order valence-corrected chi connectivity index (χ1v) is 10.3. The summed E-state index contributed by atoms with van der Waals surface area (Å²) >= 11 is 0. The predicted molar refractivity (Wildman–Crippen MR) is 129 cm³/mol. The summed E-state index contributed by atoms with van der Waals surface area (Å²) in [5.74, 6) is 2.87. The molecule has 0 atom stereocenters. The van der Waals surface area contributed by atoms with Crippen molar-refractivity contribution >= 4 is 17.2 Å². The molecule has 2 heterocycles. The number of fused-ring (bicyclic) bond motifs is 1. The average Bonchev–Trinajstić information content (AvgIpc) is 3.46. The van der Waals surface area contributed by atoms with E-state index in [0.29, 0.717) is 11.5 Å². The highest BCUT2D eigenvalue weighted by molar-refractivity contribution is 5.79. The monoisotopic (exact) mass is 415 g/mol. The Morgan fingerprint density at radius 1 is 1.10 bits per heavy atom. The smallest absolute Gasteiger partial charge is 0.219 e. The third-order valence-electron chi connectivity index (χ3n) is 3.96. The molecule has 3 rings (SSSR count). The Bertz CT molecular complexity index is 1110. The molecule has 0 N–H and O–H groups in total. The lowest BCUT2D eigenvalue weighted by Gasteiger charge is -2.04. The van der Waals surface area contributed by atoms with Crippen molar-refractivity contribution in [2.75, 3.05) is 0 Å². The molecule has 0 aliphatic rings. The summed E-state index contributed by atoms with van der Waals surface area (Å²) in [5, 5.41) is 0. The van der Waals surface area contributed by atoms with Crippen LogP contribution in [0.2, 0.25) is 0 Å². The van der Waals surface area contributed by atoms with E-state index in [9.17, 15) is 0 Å². The van der Waals surface area contributed by atoms with E-state index in [4.69, 9.17) is 13.6 Å². The van der Waals surface area contributed by atoms with Crippen LogP contribution in [-0.2, 0) is 4.74 Å². The molecular weight excluding hydrogens is 386 g/mol. The Morgan fingerprint density at radius 2 is 1.94 bits per heavy atom. The van der Waals surface area contributed by atoms with Crippen molar-refractivity contribution in [3.05, 3.63) is 109 Å². The van der Waals surface area contributed by atoms with E-state index in [1.807, 2.05) is 107 Å². The molecule has 0 saturated heterocycles. The van der Waals surface area contributed by atoms with Gasteiger partial charge in [-0.3, -0.25) is 0 Å². The van der Waals surface area contributed by atoms with E-state index >= 15 is 0 Å². The minimum absolute atomic E-state index is 0.537. The van der Waals surface area contributed by atoms with Gasteiger partial charge >= 0.3 is 0 Å². The van der Waals surface area contributed by atoms with E-state index in [2.05, 4.69) is 11.6 Å². The van der Waals surface area contributed by atoms with Gasteiger partial charge in [0.1, 0.15) is 22.8 Å². The molecule has 0 spiro atoms. The van der Waals surface area contributed by atoms with Gasteiger partial charge in [-0.2, -0.15) is 0 Å². The zero-order chi connectivity index (χ0) is 22.5. The second-order valence-electron chi connectivity index (χ2n) is 6.12. The van der Waals surface area contributed by atoms with Gasteiger partial charge in [0.25, 0.3) is 0 Å². The number of hydrogen-bond donors (Lipinski definition) is 0. The van der Waals surface area contributed by atoms with E-state index in [-0.39, 0.29) is 0 Å². The summed E-state index contributed by atoms with van der Waals surface area (Å²) < 4.78 is 17.0. The molecule has 31 heavy (non-hydrogen) atoms. The Labute approximate surface area is 184 Å². The van der Waals surface area contributed by atoms with Crippen LogP contribution in [0.3, 0.4) is 0 Å².